The maximum atomic E-state index is 12.3. The van der Waals surface area contributed by atoms with Crippen molar-refractivity contribution in [2.24, 2.45) is 0 Å². The van der Waals surface area contributed by atoms with Crippen molar-refractivity contribution in [3.8, 4) is 5.75 Å². The molecular formula is C22H22ClF3O7. The molecular weight excluding hydrogens is 469 g/mol. The summed E-state index contributed by atoms with van der Waals surface area (Å²) in [5.74, 6) is -2.77. The summed E-state index contributed by atoms with van der Waals surface area (Å²) in [7, 11) is 1.22. The number of aliphatic hydroxyl groups excluding tert-OH is 3. The maximum Gasteiger partial charge on any atom is 0.422 e. The van der Waals surface area contributed by atoms with E-state index in [1.54, 1.807) is 18.2 Å². The van der Waals surface area contributed by atoms with E-state index in [2.05, 4.69) is 0 Å². The molecule has 0 aliphatic carbocycles. The lowest BCUT2D eigenvalue weighted by molar-refractivity contribution is -0.327. The maximum absolute atomic E-state index is 12.3. The number of benzene rings is 2. The van der Waals surface area contributed by atoms with Gasteiger partial charge < -0.3 is 29.5 Å². The number of ether oxygens (including phenoxy) is 3. The van der Waals surface area contributed by atoms with Crippen LogP contribution in [-0.2, 0) is 26.5 Å². The first-order valence-electron chi connectivity index (χ1n) is 9.82. The van der Waals surface area contributed by atoms with E-state index in [0.717, 1.165) is 0 Å². The Morgan fingerprint density at radius 1 is 1.15 bits per heavy atom. The fourth-order valence-electron chi connectivity index (χ4n) is 3.56. The number of hydrogen-bond donors (Lipinski definition) is 3. The Hall–Kier alpha value is -2.21. The number of aliphatic hydroxyl groups is 3. The molecule has 0 radical (unpaired) electrons. The van der Waals surface area contributed by atoms with Gasteiger partial charge in [-0.05, 0) is 41.8 Å². The molecule has 1 aliphatic heterocycles. The molecule has 3 N–H and O–H groups in total. The molecule has 11 heteroatoms. The molecule has 4 atom stereocenters. The van der Waals surface area contributed by atoms with Gasteiger partial charge in [-0.15, -0.1) is 0 Å². The lowest BCUT2D eigenvalue weighted by atomic mass is 9.87. The molecule has 3 rings (SSSR count). The van der Waals surface area contributed by atoms with Crippen molar-refractivity contribution >= 4 is 17.4 Å². The van der Waals surface area contributed by atoms with Crippen LogP contribution in [0.15, 0.2) is 42.5 Å². The van der Waals surface area contributed by atoms with E-state index < -0.39 is 49.3 Å². The Kier molecular flexibility index (Phi) is 7.67. The Bertz CT molecular complexity index is 979. The minimum absolute atomic E-state index is 0.0571. The van der Waals surface area contributed by atoms with Gasteiger partial charge in [0.05, 0.1) is 6.61 Å². The first-order valence-corrected chi connectivity index (χ1v) is 10.2. The summed E-state index contributed by atoms with van der Waals surface area (Å²) in [4.78, 5) is 12.0. The van der Waals surface area contributed by atoms with Crippen LogP contribution < -0.4 is 4.74 Å². The lowest BCUT2D eigenvalue weighted by Crippen LogP contribution is -2.62. The van der Waals surface area contributed by atoms with Gasteiger partial charge in [0.25, 0.3) is 0 Å². The predicted octanol–water partition coefficient (Wildman–Crippen LogP) is 2.35. The molecule has 33 heavy (non-hydrogen) atoms. The van der Waals surface area contributed by atoms with Crippen LogP contribution in [0.5, 0.6) is 5.75 Å². The number of halogens is 4. The second kappa shape index (κ2) is 9.96. The summed E-state index contributed by atoms with van der Waals surface area (Å²) in [5, 5.41) is 30.6. The van der Waals surface area contributed by atoms with Crippen LogP contribution in [0.25, 0.3) is 0 Å². The van der Waals surface area contributed by atoms with Crippen molar-refractivity contribution < 1.29 is 47.5 Å². The third kappa shape index (κ3) is 5.48. The average molecular weight is 491 g/mol. The van der Waals surface area contributed by atoms with Gasteiger partial charge in [-0.3, -0.25) is 4.79 Å². The Balaban J connectivity index is 1.86. The zero-order valence-corrected chi connectivity index (χ0v) is 18.1. The van der Waals surface area contributed by atoms with Gasteiger partial charge >= 0.3 is 6.18 Å². The molecule has 1 fully saturated rings. The van der Waals surface area contributed by atoms with Crippen molar-refractivity contribution in [1.82, 2.24) is 0 Å². The molecule has 1 heterocycles. The van der Waals surface area contributed by atoms with E-state index in [4.69, 9.17) is 25.8 Å². The number of ketones is 1. The van der Waals surface area contributed by atoms with E-state index in [1.165, 1.54) is 31.4 Å². The molecule has 0 aromatic heterocycles. The molecule has 2 aromatic rings. The first-order chi connectivity index (χ1) is 15.5. The van der Waals surface area contributed by atoms with Gasteiger partial charge in [0.1, 0.15) is 24.1 Å². The summed E-state index contributed by atoms with van der Waals surface area (Å²) in [6.07, 6.45) is -9.22. The number of hydrogen-bond acceptors (Lipinski definition) is 7. The quantitative estimate of drug-likeness (QED) is 0.547. The summed E-state index contributed by atoms with van der Waals surface area (Å²) < 4.78 is 52.6. The Morgan fingerprint density at radius 3 is 2.39 bits per heavy atom. The fraction of sp³-hybridized carbons (Fsp3) is 0.409. The number of rotatable bonds is 7. The Morgan fingerprint density at radius 2 is 1.82 bits per heavy atom. The van der Waals surface area contributed by atoms with E-state index in [0.29, 0.717) is 16.1 Å². The first kappa shape index (κ1) is 25.4. The number of carbonyl (C=O) groups is 1. The molecule has 1 saturated heterocycles. The lowest BCUT2D eigenvalue weighted by Gasteiger charge is -2.44. The molecule has 0 amide bonds. The van der Waals surface area contributed by atoms with Crippen molar-refractivity contribution in [3.63, 3.8) is 0 Å². The van der Waals surface area contributed by atoms with Crippen LogP contribution in [-0.4, -0.2) is 65.9 Å². The highest BCUT2D eigenvalue weighted by molar-refractivity contribution is 6.31. The molecule has 0 unspecified atom stereocenters. The topological polar surface area (TPSA) is 105 Å². The average Bonchev–Trinajstić information content (AvgIpc) is 2.79. The van der Waals surface area contributed by atoms with Crippen LogP contribution in [0.4, 0.5) is 13.2 Å². The minimum Gasteiger partial charge on any atom is -0.484 e. The molecule has 1 aliphatic rings. The minimum atomic E-state index is -4.44. The molecule has 0 bridgehead atoms. The van der Waals surface area contributed by atoms with Crippen molar-refractivity contribution in [2.75, 3.05) is 20.3 Å². The normalized spacial score (nSPS) is 25.8. The molecule has 0 saturated carbocycles. The van der Waals surface area contributed by atoms with Gasteiger partial charge in [-0.1, -0.05) is 29.8 Å². The summed E-state index contributed by atoms with van der Waals surface area (Å²) in [6, 6.07) is 10.5. The zero-order valence-electron chi connectivity index (χ0n) is 17.4. The van der Waals surface area contributed by atoms with Crippen molar-refractivity contribution in [1.29, 1.82) is 0 Å². The van der Waals surface area contributed by atoms with Crippen LogP contribution in [0.2, 0.25) is 5.02 Å². The van der Waals surface area contributed by atoms with E-state index >= 15 is 0 Å². The zero-order chi connectivity index (χ0) is 24.4. The molecule has 0 spiro atoms. The highest BCUT2D eigenvalue weighted by atomic mass is 35.5. The smallest absolute Gasteiger partial charge is 0.422 e. The number of carbonyl (C=O) groups excluding carboxylic acids is 1. The van der Waals surface area contributed by atoms with Crippen molar-refractivity contribution in [2.45, 2.75) is 36.7 Å². The van der Waals surface area contributed by atoms with Crippen LogP contribution >= 0.6 is 11.6 Å². The van der Waals surface area contributed by atoms with E-state index in [1.807, 2.05) is 0 Å². The number of alkyl halides is 3. The second-order valence-electron chi connectivity index (χ2n) is 7.48. The standard InChI is InChI=1S/C22H22ClF3O7/c1-31-22(20(30)19(29)18(28)17(10-27)33-22)14-4-7-16(23)13(9-14)8-12-2-5-15(6-3-12)32-11-21(24,25)26/h2-7,9,17,19-20,27,29-30H,8,10-11H2,1H3/t17-,19+,20-,22+/m1/s1. The number of Topliss-reactive ketones (excluding diaryl/α,β-unsaturated/α-hetero) is 1. The van der Waals surface area contributed by atoms with Gasteiger partial charge in [0.15, 0.2) is 12.4 Å². The summed E-state index contributed by atoms with van der Waals surface area (Å²) in [6.45, 7) is -2.12. The van der Waals surface area contributed by atoms with Crippen LogP contribution in [0, 0.1) is 0 Å². The fourth-order valence-corrected chi connectivity index (χ4v) is 3.75. The van der Waals surface area contributed by atoms with E-state index in [9.17, 15) is 33.3 Å². The van der Waals surface area contributed by atoms with Crippen LogP contribution in [0.3, 0.4) is 0 Å². The third-order valence-corrected chi connectivity index (χ3v) is 5.62. The van der Waals surface area contributed by atoms with Crippen LogP contribution in [0.1, 0.15) is 16.7 Å². The van der Waals surface area contributed by atoms with Gasteiger partial charge in [0, 0.05) is 17.7 Å². The van der Waals surface area contributed by atoms with Gasteiger partial charge in [-0.25, -0.2) is 0 Å². The SMILES string of the molecule is CO[C@@]1(c2ccc(Cl)c(Cc3ccc(OCC(F)(F)F)cc3)c2)O[C@H](CO)C(=O)[C@H](O)[C@H]1O. The predicted molar refractivity (Wildman–Crippen MR) is 110 cm³/mol. The molecule has 7 nitrogen and oxygen atoms in total. The van der Waals surface area contributed by atoms with E-state index in [-0.39, 0.29) is 17.7 Å². The highest BCUT2D eigenvalue weighted by Gasteiger charge is 2.55. The molecule has 2 aromatic carbocycles. The summed E-state index contributed by atoms with van der Waals surface area (Å²) >= 11 is 6.31. The third-order valence-electron chi connectivity index (χ3n) is 5.25. The largest absolute Gasteiger partial charge is 0.484 e. The van der Waals surface area contributed by atoms with Crippen molar-refractivity contribution in [3.05, 3.63) is 64.2 Å². The monoisotopic (exact) mass is 490 g/mol. The summed E-state index contributed by atoms with van der Waals surface area (Å²) in [5.41, 5.74) is 1.50. The van der Waals surface area contributed by atoms with Gasteiger partial charge in [-0.2, -0.15) is 13.2 Å². The second-order valence-corrected chi connectivity index (χ2v) is 7.89. The van der Waals surface area contributed by atoms with Gasteiger partial charge in [0.2, 0.25) is 5.79 Å². The number of methoxy groups -OCH3 is 1. The molecule has 180 valence electrons. The highest BCUT2D eigenvalue weighted by Crippen LogP contribution is 2.39. The Labute approximate surface area is 192 Å².